The highest BCUT2D eigenvalue weighted by molar-refractivity contribution is 6.48. The molecule has 1 saturated heterocycles. The maximum absolute atomic E-state index is 15.2. The molecule has 4 N–H and O–H groups in total. The number of carbonyl (C=O) groups is 1. The lowest BCUT2D eigenvalue weighted by Gasteiger charge is -2.28. The molecule has 0 radical (unpaired) electrons. The number of hydrogen-bond donors (Lipinski definition) is 4. The monoisotopic (exact) mass is 553 g/mol. The number of aromatic hydroxyl groups is 1. The van der Waals surface area contributed by atoms with E-state index in [0.29, 0.717) is 48.1 Å². The summed E-state index contributed by atoms with van der Waals surface area (Å²) in [7, 11) is 1.40. The first-order chi connectivity index (χ1) is 18.3. The van der Waals surface area contributed by atoms with Crippen LogP contribution in [-0.2, 0) is 16.1 Å². The van der Waals surface area contributed by atoms with E-state index < -0.39 is 41.9 Å². The fraction of sp³-hybridized carbons (Fsp3) is 0.423. The van der Waals surface area contributed by atoms with Crippen molar-refractivity contribution < 1.29 is 36.9 Å². The minimum atomic E-state index is -4.73. The third-order valence-electron chi connectivity index (χ3n) is 6.13. The van der Waals surface area contributed by atoms with Crippen molar-refractivity contribution >= 4 is 23.3 Å². The summed E-state index contributed by atoms with van der Waals surface area (Å²) in [4.78, 5) is 15.2. The standard InChI is InChI=1S/C26H31F4N5O4/c1-15(2)18-11-19(21(36)12-22(18)38-3)23(31)35(24(32)25(37)33-14-26(28,29)30)17-5-4-16(20(27)10-17)13-34-6-8-39-9-7-34/h4-5,10-12,15,31-32,36H,6-9,13-14H2,1-3H3,(H,33,37). The number of nitrogens with one attached hydrogen (secondary N) is 3. The average Bonchev–Trinajstić information content (AvgIpc) is 2.88. The maximum Gasteiger partial charge on any atom is 0.405 e. The van der Waals surface area contributed by atoms with Gasteiger partial charge in [0.25, 0.3) is 5.91 Å². The first-order valence-electron chi connectivity index (χ1n) is 12.1. The largest absolute Gasteiger partial charge is 0.507 e. The fourth-order valence-corrected chi connectivity index (χ4v) is 4.06. The molecule has 0 saturated carbocycles. The zero-order valence-corrected chi connectivity index (χ0v) is 21.8. The lowest BCUT2D eigenvalue weighted by atomic mass is 9.97. The molecule has 0 unspecified atom stereocenters. The first kappa shape index (κ1) is 29.8. The van der Waals surface area contributed by atoms with Crippen LogP contribution in [0.4, 0.5) is 23.2 Å². The Morgan fingerprint density at radius 1 is 1.21 bits per heavy atom. The van der Waals surface area contributed by atoms with Crippen LogP contribution in [0.15, 0.2) is 30.3 Å². The van der Waals surface area contributed by atoms with Gasteiger partial charge in [-0.3, -0.25) is 25.4 Å². The number of rotatable bonds is 7. The summed E-state index contributed by atoms with van der Waals surface area (Å²) in [6.45, 7) is 4.50. The number of phenolic OH excluding ortho intramolecular Hbond substituents is 1. The molecule has 0 aliphatic carbocycles. The highest BCUT2D eigenvalue weighted by Gasteiger charge is 2.32. The van der Waals surface area contributed by atoms with E-state index in [0.717, 1.165) is 6.07 Å². The van der Waals surface area contributed by atoms with Gasteiger partial charge in [-0.05, 0) is 29.7 Å². The van der Waals surface area contributed by atoms with E-state index in [9.17, 15) is 23.1 Å². The van der Waals surface area contributed by atoms with Crippen LogP contribution in [0.2, 0.25) is 0 Å². The molecule has 212 valence electrons. The number of amidine groups is 2. The predicted molar refractivity (Wildman–Crippen MR) is 137 cm³/mol. The second-order valence-electron chi connectivity index (χ2n) is 9.26. The summed E-state index contributed by atoms with van der Waals surface area (Å²) in [6, 6.07) is 6.48. The normalized spacial score (nSPS) is 14.3. The molecule has 1 amide bonds. The first-order valence-corrected chi connectivity index (χ1v) is 12.1. The van der Waals surface area contributed by atoms with E-state index in [1.54, 1.807) is 5.32 Å². The van der Waals surface area contributed by atoms with Crippen molar-refractivity contribution in [2.24, 2.45) is 0 Å². The minimum Gasteiger partial charge on any atom is -0.507 e. The van der Waals surface area contributed by atoms with E-state index in [4.69, 9.17) is 20.3 Å². The van der Waals surface area contributed by atoms with Crippen LogP contribution >= 0.6 is 0 Å². The van der Waals surface area contributed by atoms with Gasteiger partial charge in [0, 0.05) is 31.3 Å². The molecule has 1 aliphatic heterocycles. The molecule has 1 heterocycles. The summed E-state index contributed by atoms with van der Waals surface area (Å²) >= 11 is 0. The zero-order valence-electron chi connectivity index (χ0n) is 21.8. The van der Waals surface area contributed by atoms with Crippen molar-refractivity contribution in [3.63, 3.8) is 0 Å². The zero-order chi connectivity index (χ0) is 28.9. The number of amides is 1. The Morgan fingerprint density at radius 2 is 1.87 bits per heavy atom. The predicted octanol–water partition coefficient (Wildman–Crippen LogP) is 3.98. The molecule has 1 aliphatic rings. The van der Waals surface area contributed by atoms with Crippen LogP contribution in [0.5, 0.6) is 11.5 Å². The number of nitrogens with zero attached hydrogens (tertiary/aromatic N) is 2. The Morgan fingerprint density at radius 3 is 2.44 bits per heavy atom. The number of methoxy groups -OCH3 is 1. The highest BCUT2D eigenvalue weighted by atomic mass is 19.4. The number of benzene rings is 2. The molecule has 3 rings (SSSR count). The molecule has 2 aromatic carbocycles. The minimum absolute atomic E-state index is 0.119. The topological polar surface area (TPSA) is 122 Å². The van der Waals surface area contributed by atoms with Gasteiger partial charge in [-0.1, -0.05) is 19.9 Å². The van der Waals surface area contributed by atoms with Gasteiger partial charge in [-0.2, -0.15) is 13.2 Å². The molecular formula is C26H31F4N5O4. The molecule has 0 bridgehead atoms. The molecule has 1 fully saturated rings. The Balaban J connectivity index is 2.02. The van der Waals surface area contributed by atoms with Crippen LogP contribution in [0.25, 0.3) is 0 Å². The van der Waals surface area contributed by atoms with Crippen molar-refractivity contribution in [2.75, 3.05) is 44.9 Å². The van der Waals surface area contributed by atoms with Gasteiger partial charge >= 0.3 is 6.18 Å². The maximum atomic E-state index is 15.2. The summed E-state index contributed by atoms with van der Waals surface area (Å²) in [5, 5.41) is 29.4. The second-order valence-corrected chi connectivity index (χ2v) is 9.26. The molecule has 0 spiro atoms. The summed E-state index contributed by atoms with van der Waals surface area (Å²) in [5.41, 5.74) is 0.618. The third-order valence-corrected chi connectivity index (χ3v) is 6.13. The van der Waals surface area contributed by atoms with Gasteiger partial charge in [-0.25, -0.2) is 4.39 Å². The van der Waals surface area contributed by atoms with E-state index in [2.05, 4.69) is 0 Å². The number of morpholine rings is 1. The van der Waals surface area contributed by atoms with Crippen LogP contribution in [-0.4, -0.2) is 73.7 Å². The van der Waals surface area contributed by atoms with E-state index >= 15 is 4.39 Å². The highest BCUT2D eigenvalue weighted by Crippen LogP contribution is 2.34. The number of phenols is 1. The van der Waals surface area contributed by atoms with Crippen LogP contribution in [0.1, 0.15) is 36.5 Å². The Kier molecular flexibility index (Phi) is 9.51. The van der Waals surface area contributed by atoms with Gasteiger partial charge in [0.2, 0.25) is 0 Å². The Hall–Kier alpha value is -3.71. The van der Waals surface area contributed by atoms with Gasteiger partial charge in [0.1, 0.15) is 29.7 Å². The molecule has 2 aromatic rings. The van der Waals surface area contributed by atoms with Crippen molar-refractivity contribution in [1.29, 1.82) is 10.8 Å². The van der Waals surface area contributed by atoms with Crippen LogP contribution in [0.3, 0.4) is 0 Å². The lowest BCUT2D eigenvalue weighted by Crippen LogP contribution is -2.48. The van der Waals surface area contributed by atoms with Gasteiger partial charge in [0.15, 0.2) is 5.84 Å². The van der Waals surface area contributed by atoms with E-state index in [1.165, 1.54) is 31.4 Å². The SMILES string of the molecule is COc1cc(O)c(C(=N)N(C(=N)C(=O)NCC(F)(F)F)c2ccc(CN3CCOCC3)c(F)c2)cc1C(C)C. The molecule has 9 nitrogen and oxygen atoms in total. The van der Waals surface area contributed by atoms with Crippen molar-refractivity contribution in [2.45, 2.75) is 32.5 Å². The van der Waals surface area contributed by atoms with Gasteiger partial charge in [0.05, 0.1) is 31.6 Å². The summed E-state index contributed by atoms with van der Waals surface area (Å²) in [6.07, 6.45) is -4.73. The molecular weight excluding hydrogens is 522 g/mol. The lowest BCUT2D eigenvalue weighted by molar-refractivity contribution is -0.134. The molecule has 13 heteroatoms. The molecule has 39 heavy (non-hydrogen) atoms. The third kappa shape index (κ3) is 7.45. The number of halogens is 4. The smallest absolute Gasteiger partial charge is 0.405 e. The Bertz CT molecular complexity index is 1230. The van der Waals surface area contributed by atoms with Crippen molar-refractivity contribution in [3.8, 4) is 11.5 Å². The number of ether oxygens (including phenoxy) is 2. The van der Waals surface area contributed by atoms with Crippen molar-refractivity contribution in [1.82, 2.24) is 10.2 Å². The van der Waals surface area contributed by atoms with Gasteiger partial charge < -0.3 is 19.9 Å². The van der Waals surface area contributed by atoms with E-state index in [-0.39, 0.29) is 23.7 Å². The second kappa shape index (κ2) is 12.4. The number of carbonyl (C=O) groups excluding carboxylic acids is 1. The Labute approximate surface area is 223 Å². The number of hydrogen-bond acceptors (Lipinski definition) is 7. The summed E-state index contributed by atoms with van der Waals surface area (Å²) in [5.74, 6) is -4.03. The fourth-order valence-electron chi connectivity index (χ4n) is 4.06. The molecule has 0 aromatic heterocycles. The molecule has 0 atom stereocenters. The average molecular weight is 554 g/mol. The van der Waals surface area contributed by atoms with Gasteiger partial charge in [-0.15, -0.1) is 0 Å². The number of anilines is 1. The van der Waals surface area contributed by atoms with Crippen LogP contribution in [0, 0.1) is 16.6 Å². The number of alkyl halides is 3. The quantitative estimate of drug-likeness (QED) is 0.234. The summed E-state index contributed by atoms with van der Waals surface area (Å²) < 4.78 is 63.9. The van der Waals surface area contributed by atoms with E-state index in [1.807, 2.05) is 18.7 Å². The van der Waals surface area contributed by atoms with Crippen molar-refractivity contribution in [3.05, 3.63) is 52.8 Å². The van der Waals surface area contributed by atoms with Crippen LogP contribution < -0.4 is 15.0 Å².